The molecule has 1 aromatic rings. The van der Waals surface area contributed by atoms with Gasteiger partial charge in [-0.25, -0.2) is 4.79 Å². The van der Waals surface area contributed by atoms with Crippen LogP contribution in [-0.4, -0.2) is 18.2 Å². The fraction of sp³-hybridized carbons (Fsp3) is 0.615. The van der Waals surface area contributed by atoms with E-state index >= 15 is 0 Å². The summed E-state index contributed by atoms with van der Waals surface area (Å²) < 4.78 is 5.26. The number of carbonyl (C=O) groups is 1. The van der Waals surface area contributed by atoms with Gasteiger partial charge in [-0.15, -0.1) is 11.3 Å². The van der Waals surface area contributed by atoms with E-state index < -0.39 is 11.7 Å². The Bertz CT molecular complexity index is 396. The van der Waals surface area contributed by atoms with Crippen molar-refractivity contribution in [1.82, 2.24) is 5.32 Å². The monoisotopic (exact) mass is 270 g/mol. The number of hydrogen-bond donors (Lipinski definition) is 2. The smallest absolute Gasteiger partial charge is 0.408 e. The maximum Gasteiger partial charge on any atom is 0.408 e. The number of thiophene rings is 1. The second-order valence-corrected chi connectivity index (χ2v) is 6.54. The SMILES string of the molecule is Cc1ccc(C(CCN)NC(=O)OC(C)(C)C)s1. The van der Waals surface area contributed by atoms with Gasteiger partial charge in [0.15, 0.2) is 0 Å². The van der Waals surface area contributed by atoms with Gasteiger partial charge in [0, 0.05) is 9.75 Å². The molecule has 3 N–H and O–H groups in total. The van der Waals surface area contributed by atoms with Crippen molar-refractivity contribution in [3.63, 3.8) is 0 Å². The number of nitrogens with one attached hydrogen (secondary N) is 1. The molecule has 1 heterocycles. The molecule has 18 heavy (non-hydrogen) atoms. The van der Waals surface area contributed by atoms with Gasteiger partial charge in [0.1, 0.15) is 5.60 Å². The zero-order valence-electron chi connectivity index (χ0n) is 11.4. The molecule has 0 aliphatic rings. The summed E-state index contributed by atoms with van der Waals surface area (Å²) in [6.07, 6.45) is 0.311. The number of rotatable bonds is 4. The summed E-state index contributed by atoms with van der Waals surface area (Å²) in [6.45, 7) is 8.11. The van der Waals surface area contributed by atoms with Crippen LogP contribution in [0.1, 0.15) is 43.0 Å². The molecule has 1 unspecified atom stereocenters. The van der Waals surface area contributed by atoms with Gasteiger partial charge in [0.25, 0.3) is 0 Å². The first-order chi connectivity index (χ1) is 8.31. The molecule has 1 atom stereocenters. The molecule has 102 valence electrons. The molecule has 5 heteroatoms. The van der Waals surface area contributed by atoms with Gasteiger partial charge < -0.3 is 15.8 Å². The molecule has 0 bridgehead atoms. The zero-order chi connectivity index (χ0) is 13.8. The number of nitrogens with two attached hydrogens (primary N) is 1. The maximum absolute atomic E-state index is 11.8. The highest BCUT2D eigenvalue weighted by Crippen LogP contribution is 2.25. The highest BCUT2D eigenvalue weighted by Gasteiger charge is 2.20. The van der Waals surface area contributed by atoms with Crippen LogP contribution < -0.4 is 11.1 Å². The van der Waals surface area contributed by atoms with Crippen LogP contribution in [0, 0.1) is 6.92 Å². The third-order valence-corrected chi connectivity index (χ3v) is 3.37. The van der Waals surface area contributed by atoms with E-state index in [9.17, 15) is 4.79 Å². The zero-order valence-corrected chi connectivity index (χ0v) is 12.3. The van der Waals surface area contributed by atoms with Gasteiger partial charge in [-0.1, -0.05) is 0 Å². The summed E-state index contributed by atoms with van der Waals surface area (Å²) in [7, 11) is 0. The lowest BCUT2D eigenvalue weighted by Crippen LogP contribution is -2.35. The lowest BCUT2D eigenvalue weighted by atomic mass is 10.1. The van der Waals surface area contributed by atoms with Crippen LogP contribution in [-0.2, 0) is 4.74 Å². The van der Waals surface area contributed by atoms with E-state index in [2.05, 4.69) is 5.32 Å². The van der Waals surface area contributed by atoms with Gasteiger partial charge in [0.05, 0.1) is 6.04 Å². The molecule has 0 radical (unpaired) electrons. The Morgan fingerprint density at radius 3 is 2.61 bits per heavy atom. The summed E-state index contributed by atoms with van der Waals surface area (Å²) in [5, 5.41) is 2.87. The van der Waals surface area contributed by atoms with Gasteiger partial charge in [-0.3, -0.25) is 0 Å². The summed E-state index contributed by atoms with van der Waals surface area (Å²) in [5.41, 5.74) is 5.11. The number of hydrogen-bond acceptors (Lipinski definition) is 4. The number of alkyl carbamates (subject to hydrolysis) is 1. The molecule has 4 nitrogen and oxygen atoms in total. The van der Waals surface area contributed by atoms with Crippen molar-refractivity contribution in [2.24, 2.45) is 5.73 Å². The van der Waals surface area contributed by atoms with Crippen LogP contribution in [0.3, 0.4) is 0 Å². The molecule has 1 rings (SSSR count). The lowest BCUT2D eigenvalue weighted by Gasteiger charge is -2.23. The van der Waals surface area contributed by atoms with E-state index in [0.29, 0.717) is 13.0 Å². The fourth-order valence-corrected chi connectivity index (χ4v) is 2.51. The van der Waals surface area contributed by atoms with Crippen molar-refractivity contribution in [3.8, 4) is 0 Å². The molecule has 0 saturated heterocycles. The first-order valence-corrected chi connectivity index (χ1v) is 6.89. The molecular formula is C13H22N2O2S. The van der Waals surface area contributed by atoms with Gasteiger partial charge in [-0.2, -0.15) is 0 Å². The van der Waals surface area contributed by atoms with Crippen LogP contribution in [0.5, 0.6) is 0 Å². The van der Waals surface area contributed by atoms with Gasteiger partial charge >= 0.3 is 6.09 Å². The van der Waals surface area contributed by atoms with E-state index in [4.69, 9.17) is 10.5 Å². The number of ether oxygens (including phenoxy) is 1. The van der Waals surface area contributed by atoms with Crippen LogP contribution in [0.25, 0.3) is 0 Å². The van der Waals surface area contributed by atoms with Gasteiger partial charge in [-0.05, 0) is 52.8 Å². The minimum absolute atomic E-state index is 0.0662. The maximum atomic E-state index is 11.8. The molecule has 0 aromatic carbocycles. The van der Waals surface area contributed by atoms with E-state index in [1.54, 1.807) is 11.3 Å². The summed E-state index contributed by atoms with van der Waals surface area (Å²) in [6, 6.07) is 4.00. The Morgan fingerprint density at radius 1 is 1.50 bits per heavy atom. The molecule has 0 spiro atoms. The fourth-order valence-electron chi connectivity index (χ4n) is 1.54. The average Bonchev–Trinajstić information content (AvgIpc) is 2.61. The van der Waals surface area contributed by atoms with Crippen LogP contribution in [0.4, 0.5) is 4.79 Å². The summed E-state index contributed by atoms with van der Waals surface area (Å²) in [4.78, 5) is 14.1. The highest BCUT2D eigenvalue weighted by molar-refractivity contribution is 7.12. The molecule has 0 saturated carbocycles. The largest absolute Gasteiger partial charge is 0.444 e. The standard InChI is InChI=1S/C13H22N2O2S/c1-9-5-6-11(18-9)10(7-8-14)15-12(16)17-13(2,3)4/h5-6,10H,7-8,14H2,1-4H3,(H,15,16). The van der Waals surface area contributed by atoms with E-state index in [1.807, 2.05) is 39.8 Å². The summed E-state index contributed by atoms with van der Waals surface area (Å²) >= 11 is 1.67. The van der Waals surface area contributed by atoms with E-state index in [0.717, 1.165) is 4.88 Å². The summed E-state index contributed by atoms with van der Waals surface area (Å²) in [5.74, 6) is 0. The molecule has 0 aliphatic heterocycles. The van der Waals surface area contributed by atoms with E-state index in [-0.39, 0.29) is 6.04 Å². The third-order valence-electron chi connectivity index (χ3n) is 2.25. The Kier molecular flexibility index (Phi) is 5.16. The normalized spacial score (nSPS) is 13.2. The van der Waals surface area contributed by atoms with Gasteiger partial charge in [0.2, 0.25) is 0 Å². The first-order valence-electron chi connectivity index (χ1n) is 6.08. The molecule has 0 fully saturated rings. The quantitative estimate of drug-likeness (QED) is 0.884. The third kappa shape index (κ3) is 5.06. The average molecular weight is 270 g/mol. The molecule has 1 amide bonds. The predicted octanol–water partition coefficient (Wildman–Crippen LogP) is 2.97. The number of carbonyl (C=O) groups excluding carboxylic acids is 1. The van der Waals surface area contributed by atoms with Crippen molar-refractivity contribution >= 4 is 17.4 Å². The minimum atomic E-state index is -0.483. The van der Waals surface area contributed by atoms with Crippen molar-refractivity contribution in [2.45, 2.75) is 45.8 Å². The Labute approximate surface area is 113 Å². The van der Waals surface area contributed by atoms with Crippen molar-refractivity contribution in [3.05, 3.63) is 21.9 Å². The number of amides is 1. The Balaban J connectivity index is 2.66. The van der Waals surface area contributed by atoms with Crippen LogP contribution in [0.15, 0.2) is 12.1 Å². The number of aryl methyl sites for hydroxylation is 1. The lowest BCUT2D eigenvalue weighted by molar-refractivity contribution is 0.0502. The second kappa shape index (κ2) is 6.20. The Morgan fingerprint density at radius 2 is 2.17 bits per heavy atom. The molecule has 1 aromatic heterocycles. The Hall–Kier alpha value is -1.07. The minimum Gasteiger partial charge on any atom is -0.444 e. The van der Waals surface area contributed by atoms with Crippen molar-refractivity contribution in [2.75, 3.05) is 6.54 Å². The highest BCUT2D eigenvalue weighted by atomic mass is 32.1. The van der Waals surface area contributed by atoms with Crippen molar-refractivity contribution in [1.29, 1.82) is 0 Å². The van der Waals surface area contributed by atoms with Crippen LogP contribution in [0.2, 0.25) is 0 Å². The molecule has 0 aliphatic carbocycles. The van der Waals surface area contributed by atoms with Crippen LogP contribution >= 0.6 is 11.3 Å². The van der Waals surface area contributed by atoms with E-state index in [1.165, 1.54) is 4.88 Å². The topological polar surface area (TPSA) is 64.3 Å². The molecular weight excluding hydrogens is 248 g/mol. The van der Waals surface area contributed by atoms with Crippen molar-refractivity contribution < 1.29 is 9.53 Å². The predicted molar refractivity (Wildman–Crippen MR) is 74.8 cm³/mol. The second-order valence-electron chi connectivity index (χ2n) is 5.22. The first kappa shape index (κ1) is 15.0.